The molecule has 1 unspecified atom stereocenters. The van der Waals surface area contributed by atoms with E-state index in [1.807, 2.05) is 24.9 Å². The summed E-state index contributed by atoms with van der Waals surface area (Å²) in [6, 6.07) is 2.17. The van der Waals surface area contributed by atoms with E-state index in [2.05, 4.69) is 36.2 Å². The Morgan fingerprint density at radius 2 is 2.32 bits per heavy atom. The van der Waals surface area contributed by atoms with Crippen molar-refractivity contribution < 1.29 is 0 Å². The summed E-state index contributed by atoms with van der Waals surface area (Å²) >= 11 is 1.65. The maximum atomic E-state index is 4.56. The lowest BCUT2D eigenvalue weighted by Crippen LogP contribution is -2.36. The fraction of sp³-hybridized carbons (Fsp3) is 0.429. The molecular formula is C14H17N7S. The smallest absolute Gasteiger partial charge is 0.131 e. The summed E-state index contributed by atoms with van der Waals surface area (Å²) in [7, 11) is 1.98. The molecular weight excluding hydrogens is 298 g/mol. The third kappa shape index (κ3) is 2.24. The van der Waals surface area contributed by atoms with Crippen molar-refractivity contribution in [3.63, 3.8) is 0 Å². The van der Waals surface area contributed by atoms with E-state index in [1.54, 1.807) is 17.7 Å². The number of H-pyrrole nitrogens is 1. The average molecular weight is 315 g/mol. The minimum absolute atomic E-state index is 0.103. The highest BCUT2D eigenvalue weighted by Crippen LogP contribution is 2.34. The monoisotopic (exact) mass is 315 g/mol. The lowest BCUT2D eigenvalue weighted by atomic mass is 10.00. The SMILES string of the molecule is Cc1nnc(CN2CCc3[nH]cnc3C2c2ccnn2C)s1. The Balaban J connectivity index is 1.72. The van der Waals surface area contributed by atoms with Crippen LogP contribution in [0, 0.1) is 6.92 Å². The molecule has 3 aromatic heterocycles. The maximum absolute atomic E-state index is 4.56. The first-order valence-electron chi connectivity index (χ1n) is 7.25. The number of nitrogens with zero attached hydrogens (tertiary/aromatic N) is 6. The van der Waals surface area contributed by atoms with Crippen molar-refractivity contribution in [3.05, 3.63) is 45.7 Å². The lowest BCUT2D eigenvalue weighted by molar-refractivity contribution is 0.192. The van der Waals surface area contributed by atoms with E-state index < -0.39 is 0 Å². The zero-order chi connectivity index (χ0) is 15.1. The quantitative estimate of drug-likeness (QED) is 0.792. The summed E-state index contributed by atoms with van der Waals surface area (Å²) in [5.74, 6) is 0. The van der Waals surface area contributed by atoms with E-state index >= 15 is 0 Å². The second kappa shape index (κ2) is 5.29. The maximum Gasteiger partial charge on any atom is 0.131 e. The van der Waals surface area contributed by atoms with E-state index in [1.165, 1.54) is 5.69 Å². The number of aryl methyl sites for hydroxylation is 2. The molecule has 0 bridgehead atoms. The Kier molecular flexibility index (Phi) is 3.27. The number of rotatable bonds is 3. The van der Waals surface area contributed by atoms with Gasteiger partial charge in [-0.2, -0.15) is 5.10 Å². The molecule has 1 N–H and O–H groups in total. The summed E-state index contributed by atoms with van der Waals surface area (Å²) in [5.41, 5.74) is 3.46. The van der Waals surface area contributed by atoms with Gasteiger partial charge in [0.15, 0.2) is 0 Å². The van der Waals surface area contributed by atoms with E-state index in [0.717, 1.165) is 40.9 Å². The third-order valence-corrected chi connectivity index (χ3v) is 4.89. The number of fused-ring (bicyclic) bond motifs is 1. The molecule has 1 atom stereocenters. The molecule has 0 saturated carbocycles. The average Bonchev–Trinajstić information content (AvgIpc) is 3.21. The number of hydrogen-bond donors (Lipinski definition) is 1. The van der Waals surface area contributed by atoms with Gasteiger partial charge in [-0.15, -0.1) is 21.5 Å². The summed E-state index contributed by atoms with van der Waals surface area (Å²) < 4.78 is 1.92. The van der Waals surface area contributed by atoms with Crippen LogP contribution in [-0.4, -0.2) is 41.4 Å². The van der Waals surface area contributed by atoms with Crippen LogP contribution in [0.4, 0.5) is 0 Å². The van der Waals surface area contributed by atoms with Gasteiger partial charge in [0.2, 0.25) is 0 Å². The normalized spacial score (nSPS) is 18.5. The highest BCUT2D eigenvalue weighted by molar-refractivity contribution is 7.11. The number of hydrogen-bond acceptors (Lipinski definition) is 6. The molecule has 4 rings (SSSR count). The Morgan fingerprint density at radius 3 is 3.05 bits per heavy atom. The molecule has 0 fully saturated rings. The first-order valence-corrected chi connectivity index (χ1v) is 8.07. The lowest BCUT2D eigenvalue weighted by Gasteiger charge is -2.34. The van der Waals surface area contributed by atoms with Crippen molar-refractivity contribution >= 4 is 11.3 Å². The molecule has 8 heteroatoms. The van der Waals surface area contributed by atoms with Gasteiger partial charge in [0.1, 0.15) is 10.0 Å². The van der Waals surface area contributed by atoms with E-state index in [0.29, 0.717) is 0 Å². The molecule has 4 heterocycles. The molecule has 0 aliphatic carbocycles. The van der Waals surface area contributed by atoms with Crippen molar-refractivity contribution in [3.8, 4) is 0 Å². The van der Waals surface area contributed by atoms with Gasteiger partial charge < -0.3 is 4.98 Å². The second-order valence-electron chi connectivity index (χ2n) is 5.48. The Bertz CT molecular complexity index is 787. The Morgan fingerprint density at radius 1 is 1.41 bits per heavy atom. The van der Waals surface area contributed by atoms with Crippen LogP contribution in [0.3, 0.4) is 0 Å². The van der Waals surface area contributed by atoms with Crippen LogP contribution in [0.1, 0.15) is 33.1 Å². The number of aromatic amines is 1. The van der Waals surface area contributed by atoms with Crippen LogP contribution in [0.25, 0.3) is 0 Å². The molecule has 1 aliphatic rings. The van der Waals surface area contributed by atoms with Crippen molar-refractivity contribution in [2.45, 2.75) is 25.9 Å². The van der Waals surface area contributed by atoms with E-state index in [4.69, 9.17) is 0 Å². The first-order chi connectivity index (χ1) is 10.7. The van der Waals surface area contributed by atoms with Crippen LogP contribution >= 0.6 is 11.3 Å². The molecule has 0 saturated heterocycles. The molecule has 0 aromatic carbocycles. The molecule has 114 valence electrons. The van der Waals surface area contributed by atoms with Crippen molar-refractivity contribution in [1.29, 1.82) is 0 Å². The summed E-state index contributed by atoms with van der Waals surface area (Å²) in [6.45, 7) is 3.74. The van der Waals surface area contributed by atoms with Crippen LogP contribution in [-0.2, 0) is 20.0 Å². The molecule has 7 nitrogen and oxygen atoms in total. The standard InChI is InChI=1S/C14H17N7S/c1-9-18-19-12(22-9)7-21-6-4-10-13(16-8-15-10)14(21)11-3-5-17-20(11)2/h3,5,8,14H,4,6-7H2,1-2H3,(H,15,16). The predicted molar refractivity (Wildman–Crippen MR) is 82.4 cm³/mol. The largest absolute Gasteiger partial charge is 0.348 e. The minimum Gasteiger partial charge on any atom is -0.348 e. The van der Waals surface area contributed by atoms with E-state index in [9.17, 15) is 0 Å². The molecule has 0 amide bonds. The molecule has 0 spiro atoms. The fourth-order valence-corrected chi connectivity index (χ4v) is 3.78. The van der Waals surface area contributed by atoms with Gasteiger partial charge in [0, 0.05) is 31.9 Å². The third-order valence-electron chi connectivity index (χ3n) is 4.07. The first kappa shape index (κ1) is 13.6. The van der Waals surface area contributed by atoms with Gasteiger partial charge in [-0.3, -0.25) is 9.58 Å². The zero-order valence-corrected chi connectivity index (χ0v) is 13.3. The highest BCUT2D eigenvalue weighted by Gasteiger charge is 2.33. The van der Waals surface area contributed by atoms with E-state index in [-0.39, 0.29) is 6.04 Å². The Labute approximate surface area is 132 Å². The predicted octanol–water partition coefficient (Wildman–Crippen LogP) is 1.45. The minimum atomic E-state index is 0.103. The fourth-order valence-electron chi connectivity index (χ4n) is 3.05. The summed E-state index contributed by atoms with van der Waals surface area (Å²) in [4.78, 5) is 10.2. The Hall–Kier alpha value is -2.06. The van der Waals surface area contributed by atoms with Crippen LogP contribution < -0.4 is 0 Å². The summed E-state index contributed by atoms with van der Waals surface area (Å²) in [6.07, 6.45) is 4.59. The number of imidazole rings is 1. The van der Waals surface area contributed by atoms with Gasteiger partial charge in [-0.05, 0) is 13.0 Å². The van der Waals surface area contributed by atoms with Gasteiger partial charge in [-0.1, -0.05) is 0 Å². The van der Waals surface area contributed by atoms with Crippen molar-refractivity contribution in [2.75, 3.05) is 6.54 Å². The topological polar surface area (TPSA) is 75.5 Å². The van der Waals surface area contributed by atoms with Gasteiger partial charge >= 0.3 is 0 Å². The number of nitrogens with one attached hydrogen (secondary N) is 1. The second-order valence-corrected chi connectivity index (χ2v) is 6.75. The van der Waals surface area contributed by atoms with Crippen molar-refractivity contribution in [1.82, 2.24) is 34.8 Å². The van der Waals surface area contributed by atoms with Crippen LogP contribution in [0.5, 0.6) is 0 Å². The van der Waals surface area contributed by atoms with Crippen LogP contribution in [0.15, 0.2) is 18.6 Å². The van der Waals surface area contributed by atoms with Gasteiger partial charge in [0.05, 0.1) is 30.3 Å². The van der Waals surface area contributed by atoms with Crippen molar-refractivity contribution in [2.24, 2.45) is 7.05 Å². The zero-order valence-electron chi connectivity index (χ0n) is 12.5. The number of aromatic nitrogens is 6. The molecule has 1 aliphatic heterocycles. The molecule has 0 radical (unpaired) electrons. The van der Waals surface area contributed by atoms with Crippen LogP contribution in [0.2, 0.25) is 0 Å². The van der Waals surface area contributed by atoms with Gasteiger partial charge in [-0.25, -0.2) is 4.98 Å². The van der Waals surface area contributed by atoms with Gasteiger partial charge in [0.25, 0.3) is 0 Å². The molecule has 22 heavy (non-hydrogen) atoms. The highest BCUT2D eigenvalue weighted by atomic mass is 32.1. The molecule has 3 aromatic rings. The summed E-state index contributed by atoms with van der Waals surface area (Å²) in [5, 5.41) is 14.8.